The minimum absolute atomic E-state index is 0.0808. The zero-order valence-corrected chi connectivity index (χ0v) is 20.7. The smallest absolute Gasteiger partial charge is 0.350 e. The number of carbonyl (C=O) groups excluding carboxylic acids is 3. The lowest BCUT2D eigenvalue weighted by atomic mass is 9.95. The first-order chi connectivity index (χ1) is 17.8. The van der Waals surface area contributed by atoms with Crippen LogP contribution in [0.1, 0.15) is 39.5 Å². The van der Waals surface area contributed by atoms with Gasteiger partial charge in [0.15, 0.2) is 16.6 Å². The Balaban J connectivity index is 1.67. The van der Waals surface area contributed by atoms with E-state index in [4.69, 9.17) is 14.2 Å². The largest absolute Gasteiger partial charge is 0.508 e. The maximum Gasteiger partial charge on any atom is 0.350 e. The number of carbonyl (C=O) groups is 3. The van der Waals surface area contributed by atoms with Gasteiger partial charge in [-0.05, 0) is 49.7 Å². The summed E-state index contributed by atoms with van der Waals surface area (Å²) in [6, 6.07) is 9.60. The van der Waals surface area contributed by atoms with Crippen molar-refractivity contribution in [2.75, 3.05) is 24.7 Å². The molecule has 190 valence electrons. The fourth-order valence-corrected chi connectivity index (χ4v) is 5.24. The van der Waals surface area contributed by atoms with E-state index in [0.29, 0.717) is 36.0 Å². The molecule has 11 heteroatoms. The fourth-order valence-electron chi connectivity index (χ4n) is 4.26. The van der Waals surface area contributed by atoms with Gasteiger partial charge in [-0.3, -0.25) is 14.5 Å². The van der Waals surface area contributed by atoms with Gasteiger partial charge in [-0.15, -0.1) is 0 Å². The van der Waals surface area contributed by atoms with Crippen LogP contribution in [0.3, 0.4) is 0 Å². The van der Waals surface area contributed by atoms with Crippen LogP contribution in [0.2, 0.25) is 0 Å². The van der Waals surface area contributed by atoms with E-state index in [1.165, 1.54) is 18.2 Å². The van der Waals surface area contributed by atoms with E-state index in [2.05, 4.69) is 4.98 Å². The Morgan fingerprint density at radius 2 is 1.92 bits per heavy atom. The fraction of sp³-hybridized carbons (Fsp3) is 0.231. The summed E-state index contributed by atoms with van der Waals surface area (Å²) in [6.07, 6.45) is 0. The normalized spacial score (nSPS) is 18.2. The van der Waals surface area contributed by atoms with Gasteiger partial charge in [0.1, 0.15) is 29.6 Å². The number of ketones is 1. The van der Waals surface area contributed by atoms with E-state index in [1.54, 1.807) is 38.1 Å². The molecule has 2 aliphatic heterocycles. The predicted octanol–water partition coefficient (Wildman–Crippen LogP) is 3.73. The minimum Gasteiger partial charge on any atom is -0.508 e. The summed E-state index contributed by atoms with van der Waals surface area (Å²) in [5.74, 6) is -2.09. The van der Waals surface area contributed by atoms with Crippen molar-refractivity contribution in [1.82, 2.24) is 4.98 Å². The molecule has 2 aromatic carbocycles. The summed E-state index contributed by atoms with van der Waals surface area (Å²) in [6.45, 7) is 4.16. The first-order valence-corrected chi connectivity index (χ1v) is 12.3. The van der Waals surface area contributed by atoms with E-state index in [1.807, 2.05) is 0 Å². The Hall–Kier alpha value is -4.38. The number of aliphatic hydroxyl groups excluding tert-OH is 1. The zero-order chi connectivity index (χ0) is 26.3. The molecule has 1 fully saturated rings. The van der Waals surface area contributed by atoms with Crippen molar-refractivity contribution in [2.45, 2.75) is 19.9 Å². The number of hydrogen-bond acceptors (Lipinski definition) is 10. The predicted molar refractivity (Wildman–Crippen MR) is 133 cm³/mol. The number of rotatable bonds is 5. The number of Topliss-reactive ketones (excluding diaryl/α,β-unsaturated/α-hetero) is 1. The van der Waals surface area contributed by atoms with Crippen molar-refractivity contribution < 1.29 is 38.8 Å². The highest BCUT2D eigenvalue weighted by Gasteiger charge is 2.48. The molecule has 37 heavy (non-hydrogen) atoms. The van der Waals surface area contributed by atoms with Crippen LogP contribution in [0.25, 0.3) is 5.76 Å². The lowest BCUT2D eigenvalue weighted by Crippen LogP contribution is -2.29. The highest BCUT2D eigenvalue weighted by Crippen LogP contribution is 2.45. The van der Waals surface area contributed by atoms with Crippen molar-refractivity contribution in [1.29, 1.82) is 0 Å². The van der Waals surface area contributed by atoms with E-state index in [9.17, 15) is 24.6 Å². The summed E-state index contributed by atoms with van der Waals surface area (Å²) < 4.78 is 16.2. The van der Waals surface area contributed by atoms with Gasteiger partial charge in [0, 0.05) is 5.56 Å². The number of amides is 1. The van der Waals surface area contributed by atoms with Crippen LogP contribution < -0.4 is 14.4 Å². The van der Waals surface area contributed by atoms with Crippen LogP contribution in [-0.2, 0) is 14.3 Å². The third-order valence-corrected chi connectivity index (χ3v) is 7.03. The summed E-state index contributed by atoms with van der Waals surface area (Å²) in [5, 5.41) is 21.5. The van der Waals surface area contributed by atoms with Gasteiger partial charge >= 0.3 is 11.9 Å². The molecule has 0 bridgehead atoms. The molecule has 10 nitrogen and oxygen atoms in total. The molecule has 1 unspecified atom stereocenters. The molecule has 1 aromatic heterocycles. The molecule has 3 heterocycles. The van der Waals surface area contributed by atoms with Crippen LogP contribution in [0.15, 0.2) is 48.0 Å². The molecular formula is C26H22N2O8S. The van der Waals surface area contributed by atoms with Crippen LogP contribution in [-0.4, -0.2) is 52.7 Å². The standard InChI is InChI=1S/C26H22N2O8S/c1-3-34-25(33)23-13(2)27-26(37-23)28-20(14-5-4-6-16(29)11-14)19(22(31)24(28)32)21(30)15-7-8-17-18(12-15)36-10-9-35-17/h4-8,11-12,20,29-30H,3,9-10H2,1-2H3/b21-19+. The van der Waals surface area contributed by atoms with Crippen molar-refractivity contribution in [3.8, 4) is 17.2 Å². The number of benzene rings is 2. The Morgan fingerprint density at radius 3 is 2.65 bits per heavy atom. The molecule has 1 amide bonds. The number of aromatic nitrogens is 1. The molecule has 0 saturated carbocycles. The average Bonchev–Trinajstić information content (AvgIpc) is 3.40. The maximum atomic E-state index is 13.3. The second-order valence-electron chi connectivity index (χ2n) is 8.25. The highest BCUT2D eigenvalue weighted by atomic mass is 32.1. The monoisotopic (exact) mass is 522 g/mol. The number of nitrogens with zero attached hydrogens (tertiary/aromatic N) is 2. The molecule has 1 atom stereocenters. The number of phenols is 1. The molecule has 2 N–H and O–H groups in total. The van der Waals surface area contributed by atoms with Crippen LogP contribution >= 0.6 is 11.3 Å². The van der Waals surface area contributed by atoms with Gasteiger partial charge in [0.2, 0.25) is 0 Å². The number of fused-ring (bicyclic) bond motifs is 1. The van der Waals surface area contributed by atoms with E-state index in [-0.39, 0.29) is 33.5 Å². The summed E-state index contributed by atoms with van der Waals surface area (Å²) >= 11 is 0.905. The van der Waals surface area contributed by atoms with Gasteiger partial charge < -0.3 is 24.4 Å². The summed E-state index contributed by atoms with van der Waals surface area (Å²) in [5.41, 5.74) is 0.749. The molecule has 0 radical (unpaired) electrons. The van der Waals surface area contributed by atoms with Gasteiger partial charge in [0.25, 0.3) is 5.78 Å². The minimum atomic E-state index is -1.12. The molecule has 0 aliphatic carbocycles. The quantitative estimate of drug-likeness (QED) is 0.222. The van der Waals surface area contributed by atoms with Crippen LogP contribution in [0.5, 0.6) is 17.2 Å². The lowest BCUT2D eigenvalue weighted by Gasteiger charge is -2.23. The lowest BCUT2D eigenvalue weighted by molar-refractivity contribution is -0.132. The number of aliphatic hydroxyl groups is 1. The van der Waals surface area contributed by atoms with Crippen molar-refractivity contribution in [3.63, 3.8) is 0 Å². The molecule has 0 spiro atoms. The number of esters is 1. The molecular weight excluding hydrogens is 500 g/mol. The number of hydrogen-bond donors (Lipinski definition) is 2. The molecule has 3 aromatic rings. The maximum absolute atomic E-state index is 13.3. The number of thiazole rings is 1. The second-order valence-corrected chi connectivity index (χ2v) is 9.23. The van der Waals surface area contributed by atoms with Gasteiger partial charge in [-0.2, -0.15) is 0 Å². The SMILES string of the molecule is CCOC(=O)c1sc(N2C(=O)C(=O)/C(=C(/O)c3ccc4c(c3)OCCO4)C2c2cccc(O)c2)nc1C. The van der Waals surface area contributed by atoms with Gasteiger partial charge in [-0.1, -0.05) is 23.5 Å². The number of aromatic hydroxyl groups is 1. The number of anilines is 1. The first kappa shape index (κ1) is 24.3. The van der Waals surface area contributed by atoms with Crippen molar-refractivity contribution in [3.05, 3.63) is 69.7 Å². The van der Waals surface area contributed by atoms with Crippen LogP contribution in [0, 0.1) is 6.92 Å². The van der Waals surface area contributed by atoms with Gasteiger partial charge in [-0.25, -0.2) is 9.78 Å². The number of aryl methyl sites for hydroxylation is 1. The summed E-state index contributed by atoms with van der Waals surface area (Å²) in [7, 11) is 0. The zero-order valence-electron chi connectivity index (χ0n) is 19.9. The average molecular weight is 523 g/mol. The first-order valence-electron chi connectivity index (χ1n) is 11.4. The number of ether oxygens (including phenoxy) is 3. The molecule has 1 saturated heterocycles. The number of phenolic OH excluding ortho intramolecular Hbond substituents is 1. The van der Waals surface area contributed by atoms with Crippen molar-refractivity contribution in [2.24, 2.45) is 0 Å². The summed E-state index contributed by atoms with van der Waals surface area (Å²) in [4.78, 5) is 44.8. The third kappa shape index (κ3) is 4.27. The Morgan fingerprint density at radius 1 is 1.16 bits per heavy atom. The van der Waals surface area contributed by atoms with Crippen molar-refractivity contribution >= 4 is 39.9 Å². The topological polar surface area (TPSA) is 135 Å². The van der Waals surface area contributed by atoms with Gasteiger partial charge in [0.05, 0.1) is 23.9 Å². The third-order valence-electron chi connectivity index (χ3n) is 5.90. The van der Waals surface area contributed by atoms with E-state index >= 15 is 0 Å². The van der Waals surface area contributed by atoms with Crippen LogP contribution in [0.4, 0.5) is 5.13 Å². The molecule has 2 aliphatic rings. The second kappa shape index (κ2) is 9.58. The highest BCUT2D eigenvalue weighted by molar-refractivity contribution is 7.17. The Kier molecular flexibility index (Phi) is 6.30. The Labute approximate surface area is 215 Å². The van der Waals surface area contributed by atoms with E-state index in [0.717, 1.165) is 16.2 Å². The van der Waals surface area contributed by atoms with E-state index < -0.39 is 29.5 Å². The molecule has 5 rings (SSSR count). The Bertz CT molecular complexity index is 1460.